The summed E-state index contributed by atoms with van der Waals surface area (Å²) >= 11 is 1.21. The van der Waals surface area contributed by atoms with Crippen molar-refractivity contribution in [3.8, 4) is 28.4 Å². The first-order valence-corrected chi connectivity index (χ1v) is 12.5. The van der Waals surface area contributed by atoms with Crippen molar-refractivity contribution in [2.24, 2.45) is 0 Å². The Hall–Kier alpha value is -3.52. The number of carboxylic acid groups (broad SMARTS) is 1. The zero-order valence-corrected chi connectivity index (χ0v) is 20.4. The Bertz CT molecular complexity index is 1260. The van der Waals surface area contributed by atoms with E-state index >= 15 is 0 Å². The third kappa shape index (κ3) is 4.46. The molecule has 0 spiro atoms. The van der Waals surface area contributed by atoms with E-state index in [-0.39, 0.29) is 29.2 Å². The van der Waals surface area contributed by atoms with Crippen LogP contribution in [0.1, 0.15) is 58.1 Å². The third-order valence-corrected chi connectivity index (χ3v) is 7.96. The zero-order valence-electron chi connectivity index (χ0n) is 19.6. The van der Waals surface area contributed by atoms with E-state index in [1.807, 2.05) is 30.3 Å². The maximum absolute atomic E-state index is 12.8. The fourth-order valence-electron chi connectivity index (χ4n) is 4.92. The van der Waals surface area contributed by atoms with Crippen molar-refractivity contribution in [1.82, 2.24) is 0 Å². The SMILES string of the molecule is COc1ccc(-c2c(C(=O)O)sc3c2NC(=O)CC3c2ccc(OC3CCCC3)c(OC)c2)cc1. The number of benzene rings is 2. The first kappa shape index (κ1) is 23.2. The minimum atomic E-state index is -1.03. The smallest absolute Gasteiger partial charge is 0.346 e. The normalized spacial score (nSPS) is 17.5. The summed E-state index contributed by atoms with van der Waals surface area (Å²) in [5, 5.41) is 12.9. The molecule has 2 N–H and O–H groups in total. The zero-order chi connectivity index (χ0) is 24.5. The number of nitrogens with one attached hydrogen (secondary N) is 1. The molecule has 0 bridgehead atoms. The molecule has 2 heterocycles. The first-order chi connectivity index (χ1) is 17.0. The second-order valence-electron chi connectivity index (χ2n) is 8.82. The van der Waals surface area contributed by atoms with Crippen LogP contribution in [0.25, 0.3) is 11.1 Å². The fourth-order valence-corrected chi connectivity index (χ4v) is 6.17. The van der Waals surface area contributed by atoms with E-state index in [9.17, 15) is 14.7 Å². The van der Waals surface area contributed by atoms with Gasteiger partial charge in [0.15, 0.2) is 11.5 Å². The molecular weight excluding hydrogens is 466 g/mol. The van der Waals surface area contributed by atoms with E-state index in [4.69, 9.17) is 14.2 Å². The lowest BCUT2D eigenvalue weighted by atomic mass is 9.88. The lowest BCUT2D eigenvalue weighted by Crippen LogP contribution is -2.22. The lowest BCUT2D eigenvalue weighted by Gasteiger charge is -2.25. The number of thiophene rings is 1. The number of rotatable bonds is 7. The predicted molar refractivity (Wildman–Crippen MR) is 134 cm³/mol. The molecule has 3 aromatic rings. The molecule has 182 valence electrons. The van der Waals surface area contributed by atoms with Gasteiger partial charge in [-0.05, 0) is 61.1 Å². The molecule has 1 atom stereocenters. The van der Waals surface area contributed by atoms with Gasteiger partial charge in [0.2, 0.25) is 5.91 Å². The largest absolute Gasteiger partial charge is 0.497 e. The van der Waals surface area contributed by atoms with Crippen LogP contribution in [-0.4, -0.2) is 37.3 Å². The van der Waals surface area contributed by atoms with Crippen molar-refractivity contribution < 1.29 is 28.9 Å². The van der Waals surface area contributed by atoms with Crippen molar-refractivity contribution in [2.45, 2.75) is 44.1 Å². The van der Waals surface area contributed by atoms with Crippen LogP contribution in [0.5, 0.6) is 17.2 Å². The molecule has 2 aromatic carbocycles. The summed E-state index contributed by atoms with van der Waals surface area (Å²) in [6.07, 6.45) is 4.85. The number of ether oxygens (including phenoxy) is 3. The highest BCUT2D eigenvalue weighted by Crippen LogP contribution is 2.50. The van der Waals surface area contributed by atoms with E-state index in [0.717, 1.165) is 23.3 Å². The van der Waals surface area contributed by atoms with Gasteiger partial charge in [-0.3, -0.25) is 4.79 Å². The average molecular weight is 494 g/mol. The van der Waals surface area contributed by atoms with Crippen molar-refractivity contribution >= 4 is 28.9 Å². The van der Waals surface area contributed by atoms with E-state index in [1.165, 1.54) is 24.2 Å². The van der Waals surface area contributed by atoms with Gasteiger partial charge in [0, 0.05) is 22.8 Å². The van der Waals surface area contributed by atoms with Gasteiger partial charge in [-0.1, -0.05) is 18.2 Å². The lowest BCUT2D eigenvalue weighted by molar-refractivity contribution is -0.116. The molecule has 0 radical (unpaired) electrons. The summed E-state index contributed by atoms with van der Waals surface area (Å²) in [6, 6.07) is 12.9. The van der Waals surface area contributed by atoms with Crippen LogP contribution in [0.3, 0.4) is 0 Å². The summed E-state index contributed by atoms with van der Waals surface area (Å²) in [5.74, 6) is 0.512. The van der Waals surface area contributed by atoms with Crippen molar-refractivity contribution in [3.63, 3.8) is 0 Å². The minimum Gasteiger partial charge on any atom is -0.497 e. The molecule has 5 rings (SSSR count). The first-order valence-electron chi connectivity index (χ1n) is 11.7. The second-order valence-corrected chi connectivity index (χ2v) is 9.87. The van der Waals surface area contributed by atoms with Gasteiger partial charge in [0.1, 0.15) is 10.6 Å². The van der Waals surface area contributed by atoms with Gasteiger partial charge in [-0.15, -0.1) is 11.3 Å². The van der Waals surface area contributed by atoms with Gasteiger partial charge in [-0.25, -0.2) is 4.79 Å². The standard InChI is InChI=1S/C27H27NO6S/c1-32-17-10-7-15(8-11-17)23-24-25(35-26(23)27(30)31)19(14-22(29)28-24)16-9-12-20(21(13-16)33-2)34-18-5-3-4-6-18/h7-13,18-19H,3-6,14H2,1-2H3,(H,28,29)(H,30,31). The Morgan fingerprint density at radius 1 is 1.03 bits per heavy atom. The van der Waals surface area contributed by atoms with Crippen LogP contribution in [0.2, 0.25) is 0 Å². The van der Waals surface area contributed by atoms with Crippen molar-refractivity contribution in [3.05, 3.63) is 57.8 Å². The van der Waals surface area contributed by atoms with Gasteiger partial charge in [0.25, 0.3) is 0 Å². The van der Waals surface area contributed by atoms with Crippen LogP contribution in [0.4, 0.5) is 5.69 Å². The Balaban J connectivity index is 1.56. The molecule has 1 amide bonds. The number of aromatic carboxylic acids is 1. The monoisotopic (exact) mass is 493 g/mol. The Morgan fingerprint density at radius 2 is 1.77 bits per heavy atom. The number of carbonyl (C=O) groups is 2. The van der Waals surface area contributed by atoms with Gasteiger partial charge >= 0.3 is 5.97 Å². The van der Waals surface area contributed by atoms with E-state index < -0.39 is 5.97 Å². The highest BCUT2D eigenvalue weighted by atomic mass is 32.1. The number of carboxylic acids is 1. The number of methoxy groups -OCH3 is 2. The molecule has 7 nitrogen and oxygen atoms in total. The maximum Gasteiger partial charge on any atom is 0.346 e. The molecule has 1 aromatic heterocycles. The number of anilines is 1. The summed E-state index contributed by atoms with van der Waals surface area (Å²) < 4.78 is 17.0. The molecule has 0 saturated heterocycles. The quantitative estimate of drug-likeness (QED) is 0.424. The molecule has 1 fully saturated rings. The van der Waals surface area contributed by atoms with Crippen molar-refractivity contribution in [2.75, 3.05) is 19.5 Å². The number of amides is 1. The van der Waals surface area contributed by atoms with Gasteiger partial charge in [0.05, 0.1) is 26.0 Å². The van der Waals surface area contributed by atoms with E-state index in [2.05, 4.69) is 5.32 Å². The molecular formula is C27H27NO6S. The maximum atomic E-state index is 12.8. The van der Waals surface area contributed by atoms with Crippen LogP contribution in [-0.2, 0) is 4.79 Å². The number of hydrogen-bond donors (Lipinski definition) is 2. The minimum absolute atomic E-state index is 0.155. The Kier molecular flexibility index (Phi) is 6.38. The Morgan fingerprint density at radius 3 is 2.43 bits per heavy atom. The van der Waals surface area contributed by atoms with E-state index in [0.29, 0.717) is 34.1 Å². The van der Waals surface area contributed by atoms with Crippen LogP contribution >= 0.6 is 11.3 Å². The third-order valence-electron chi connectivity index (χ3n) is 6.66. The topological polar surface area (TPSA) is 94.1 Å². The average Bonchev–Trinajstić information content (AvgIpc) is 3.52. The highest BCUT2D eigenvalue weighted by molar-refractivity contribution is 7.15. The van der Waals surface area contributed by atoms with E-state index in [1.54, 1.807) is 26.4 Å². The summed E-state index contributed by atoms with van der Waals surface area (Å²) in [7, 11) is 3.18. The molecule has 1 aliphatic carbocycles. The highest BCUT2D eigenvalue weighted by Gasteiger charge is 2.35. The van der Waals surface area contributed by atoms with Gasteiger partial charge < -0.3 is 24.6 Å². The van der Waals surface area contributed by atoms with Crippen LogP contribution < -0.4 is 19.5 Å². The number of carbonyl (C=O) groups excluding carboxylic acids is 1. The number of hydrogen-bond acceptors (Lipinski definition) is 6. The predicted octanol–water partition coefficient (Wildman–Crippen LogP) is 5.93. The summed E-state index contributed by atoms with van der Waals surface area (Å²) in [6.45, 7) is 0. The molecule has 2 aliphatic rings. The van der Waals surface area contributed by atoms with Crippen molar-refractivity contribution in [1.29, 1.82) is 0 Å². The molecule has 1 saturated carbocycles. The van der Waals surface area contributed by atoms with Crippen LogP contribution in [0, 0.1) is 0 Å². The fraction of sp³-hybridized carbons (Fsp3) is 0.333. The Labute approximate surface area is 207 Å². The molecule has 35 heavy (non-hydrogen) atoms. The summed E-state index contributed by atoms with van der Waals surface area (Å²) in [5.41, 5.74) is 2.67. The molecule has 1 unspecified atom stereocenters. The van der Waals surface area contributed by atoms with Gasteiger partial charge in [-0.2, -0.15) is 0 Å². The molecule has 1 aliphatic heterocycles. The second kappa shape index (κ2) is 9.62. The van der Waals surface area contributed by atoms with Crippen LogP contribution in [0.15, 0.2) is 42.5 Å². The summed E-state index contributed by atoms with van der Waals surface area (Å²) in [4.78, 5) is 26.0. The number of fused-ring (bicyclic) bond motifs is 1. The molecule has 8 heteroatoms.